The van der Waals surface area contributed by atoms with Crippen LogP contribution in [0.3, 0.4) is 0 Å². The summed E-state index contributed by atoms with van der Waals surface area (Å²) in [6.07, 6.45) is 0. The van der Waals surface area contributed by atoms with Crippen LogP contribution in [-0.2, 0) is 0 Å². The van der Waals surface area contributed by atoms with Crippen LogP contribution in [-0.4, -0.2) is 24.1 Å². The zero-order valence-corrected chi connectivity index (χ0v) is 34.7. The van der Waals surface area contributed by atoms with E-state index in [2.05, 4.69) is 203 Å². The lowest BCUT2D eigenvalue weighted by molar-refractivity contribution is 0.954. The molecular formula is C57H35N5S. The molecule has 0 amide bonds. The SMILES string of the molecule is c1ccc(-c2ccc(-n3c4ccccc4c4ccc5c(c6ccccc6n5-c5nc(-c6ccccc6)nc(-c6cccc7sc8ccccc8c67)n5)c43)c(-c3ccccc3)c2)cc1. The van der Waals surface area contributed by atoms with E-state index in [9.17, 15) is 0 Å². The van der Waals surface area contributed by atoms with Gasteiger partial charge in [-0.2, -0.15) is 9.97 Å². The van der Waals surface area contributed by atoms with Crippen molar-refractivity contribution >= 4 is 75.1 Å². The van der Waals surface area contributed by atoms with Crippen LogP contribution in [0.5, 0.6) is 0 Å². The Morgan fingerprint density at radius 2 is 0.952 bits per heavy atom. The number of rotatable bonds is 6. The molecule has 0 spiro atoms. The van der Waals surface area contributed by atoms with Crippen LogP contribution in [0.1, 0.15) is 0 Å². The minimum Gasteiger partial charge on any atom is -0.308 e. The van der Waals surface area contributed by atoms with Crippen LogP contribution in [0.15, 0.2) is 212 Å². The second-order valence-electron chi connectivity index (χ2n) is 16.0. The second-order valence-corrected chi connectivity index (χ2v) is 17.0. The smallest absolute Gasteiger partial charge is 0.238 e. The first-order valence-corrected chi connectivity index (χ1v) is 22.0. The zero-order valence-electron chi connectivity index (χ0n) is 33.9. The molecule has 4 aromatic heterocycles. The van der Waals surface area contributed by atoms with Crippen molar-refractivity contribution in [2.45, 2.75) is 0 Å². The van der Waals surface area contributed by atoms with Gasteiger partial charge in [0, 0.05) is 58.4 Å². The van der Waals surface area contributed by atoms with Gasteiger partial charge in [-0.1, -0.05) is 170 Å². The Morgan fingerprint density at radius 1 is 0.333 bits per heavy atom. The molecule has 6 heteroatoms. The van der Waals surface area contributed by atoms with E-state index in [1.807, 2.05) is 18.2 Å². The molecule has 4 heterocycles. The Labute approximate surface area is 366 Å². The number of nitrogens with zero attached hydrogens (tertiary/aromatic N) is 5. The van der Waals surface area contributed by atoms with Gasteiger partial charge >= 0.3 is 0 Å². The zero-order chi connectivity index (χ0) is 41.4. The van der Waals surface area contributed by atoms with Gasteiger partial charge < -0.3 is 4.57 Å². The standard InChI is InChI=1S/C57H35N5S/c1-4-17-36(18-5-1)39-31-33-48(45(35-39)37-19-6-2-7-20-37)61-46-27-13-10-23-40(46)41-32-34-49-53(54(41)61)42-24-11-14-28-47(42)62(49)57-59-55(38-21-8-3-9-22-38)58-56(60-57)44-26-16-30-51-52(44)43-25-12-15-29-50(43)63-51/h1-35H. The topological polar surface area (TPSA) is 48.5 Å². The molecular weight excluding hydrogens is 787 g/mol. The van der Waals surface area contributed by atoms with Crippen molar-refractivity contribution in [3.05, 3.63) is 212 Å². The molecule has 0 aliphatic heterocycles. The predicted molar refractivity (Wildman–Crippen MR) is 263 cm³/mol. The van der Waals surface area contributed by atoms with Gasteiger partial charge in [0.2, 0.25) is 5.95 Å². The summed E-state index contributed by atoms with van der Waals surface area (Å²) in [5.41, 5.74) is 12.0. The Bertz CT molecular complexity index is 3900. The third kappa shape index (κ3) is 5.59. The molecule has 0 saturated carbocycles. The molecule has 0 bridgehead atoms. The summed E-state index contributed by atoms with van der Waals surface area (Å²) in [6, 6.07) is 75.6. The van der Waals surface area contributed by atoms with Gasteiger partial charge in [0.15, 0.2) is 11.6 Å². The van der Waals surface area contributed by atoms with Gasteiger partial charge in [0.1, 0.15) is 0 Å². The highest BCUT2D eigenvalue weighted by atomic mass is 32.1. The van der Waals surface area contributed by atoms with Crippen LogP contribution >= 0.6 is 11.3 Å². The van der Waals surface area contributed by atoms with Gasteiger partial charge in [-0.15, -0.1) is 11.3 Å². The van der Waals surface area contributed by atoms with Crippen molar-refractivity contribution in [1.29, 1.82) is 0 Å². The molecule has 294 valence electrons. The molecule has 0 atom stereocenters. The average molecular weight is 822 g/mol. The van der Waals surface area contributed by atoms with Crippen molar-refractivity contribution in [1.82, 2.24) is 24.1 Å². The van der Waals surface area contributed by atoms with E-state index in [0.717, 1.165) is 66.2 Å². The highest BCUT2D eigenvalue weighted by Crippen LogP contribution is 2.45. The molecule has 0 radical (unpaired) electrons. The largest absolute Gasteiger partial charge is 0.308 e. The normalized spacial score (nSPS) is 11.8. The first-order valence-electron chi connectivity index (χ1n) is 21.2. The summed E-state index contributed by atoms with van der Waals surface area (Å²) in [6.45, 7) is 0. The van der Waals surface area contributed by atoms with E-state index in [1.165, 1.54) is 36.7 Å². The van der Waals surface area contributed by atoms with Crippen molar-refractivity contribution in [3.8, 4) is 56.7 Å². The summed E-state index contributed by atoms with van der Waals surface area (Å²) >= 11 is 1.80. The molecule has 0 fully saturated rings. The number of thiophene rings is 1. The van der Waals surface area contributed by atoms with Crippen molar-refractivity contribution < 1.29 is 0 Å². The van der Waals surface area contributed by atoms with Gasteiger partial charge in [-0.3, -0.25) is 4.57 Å². The summed E-state index contributed by atoms with van der Waals surface area (Å²) in [5.74, 6) is 1.83. The second kappa shape index (κ2) is 14.2. The fraction of sp³-hybridized carbons (Fsp3) is 0. The molecule has 5 nitrogen and oxygen atoms in total. The number of fused-ring (bicyclic) bond motifs is 10. The lowest BCUT2D eigenvalue weighted by Gasteiger charge is -2.17. The fourth-order valence-electron chi connectivity index (χ4n) is 9.63. The highest BCUT2D eigenvalue weighted by molar-refractivity contribution is 7.25. The minimum atomic E-state index is 0.570. The summed E-state index contributed by atoms with van der Waals surface area (Å²) < 4.78 is 7.17. The number of hydrogen-bond acceptors (Lipinski definition) is 4. The maximum absolute atomic E-state index is 5.44. The molecule has 13 aromatic rings. The highest BCUT2D eigenvalue weighted by Gasteiger charge is 2.25. The molecule has 13 rings (SSSR count). The van der Waals surface area contributed by atoms with E-state index in [-0.39, 0.29) is 0 Å². The minimum absolute atomic E-state index is 0.570. The Kier molecular flexibility index (Phi) is 8.01. The third-order valence-corrected chi connectivity index (χ3v) is 13.5. The van der Waals surface area contributed by atoms with Gasteiger partial charge in [0.05, 0.1) is 27.8 Å². The Balaban J connectivity index is 1.13. The Hall–Kier alpha value is -8.19. The molecule has 0 N–H and O–H groups in total. The summed E-state index contributed by atoms with van der Waals surface area (Å²) in [5, 5.41) is 7.01. The monoisotopic (exact) mass is 821 g/mol. The average Bonchev–Trinajstić information content (AvgIpc) is 4.02. The van der Waals surface area contributed by atoms with Crippen LogP contribution in [0.4, 0.5) is 0 Å². The lowest BCUT2D eigenvalue weighted by Crippen LogP contribution is -2.06. The van der Waals surface area contributed by atoms with E-state index in [0.29, 0.717) is 17.6 Å². The van der Waals surface area contributed by atoms with Crippen LogP contribution in [0.25, 0.3) is 120 Å². The van der Waals surface area contributed by atoms with Crippen molar-refractivity contribution in [3.63, 3.8) is 0 Å². The number of benzene rings is 9. The van der Waals surface area contributed by atoms with E-state index < -0.39 is 0 Å². The van der Waals surface area contributed by atoms with E-state index in [1.54, 1.807) is 11.3 Å². The van der Waals surface area contributed by atoms with Crippen LogP contribution < -0.4 is 0 Å². The quantitative estimate of drug-likeness (QED) is 0.168. The number of para-hydroxylation sites is 2. The molecule has 0 saturated heterocycles. The summed E-state index contributed by atoms with van der Waals surface area (Å²) in [4.78, 5) is 16.0. The fourth-order valence-corrected chi connectivity index (χ4v) is 10.8. The van der Waals surface area contributed by atoms with Crippen LogP contribution in [0.2, 0.25) is 0 Å². The van der Waals surface area contributed by atoms with Crippen molar-refractivity contribution in [2.75, 3.05) is 0 Å². The number of hydrogen-bond donors (Lipinski definition) is 0. The van der Waals surface area contributed by atoms with E-state index in [4.69, 9.17) is 15.0 Å². The molecule has 63 heavy (non-hydrogen) atoms. The maximum atomic E-state index is 5.44. The summed E-state index contributed by atoms with van der Waals surface area (Å²) in [7, 11) is 0. The lowest BCUT2D eigenvalue weighted by atomic mass is 9.97. The Morgan fingerprint density at radius 3 is 1.73 bits per heavy atom. The predicted octanol–water partition coefficient (Wildman–Crippen LogP) is 15.1. The molecule has 9 aromatic carbocycles. The van der Waals surface area contributed by atoms with Crippen molar-refractivity contribution in [2.24, 2.45) is 0 Å². The molecule has 0 aliphatic carbocycles. The number of aromatic nitrogens is 5. The third-order valence-electron chi connectivity index (χ3n) is 12.4. The first-order chi connectivity index (χ1) is 31.3. The molecule has 0 aliphatic rings. The van der Waals surface area contributed by atoms with E-state index >= 15 is 0 Å². The van der Waals surface area contributed by atoms with Gasteiger partial charge in [0.25, 0.3) is 0 Å². The molecule has 0 unspecified atom stereocenters. The van der Waals surface area contributed by atoms with Gasteiger partial charge in [-0.25, -0.2) is 4.98 Å². The maximum Gasteiger partial charge on any atom is 0.238 e. The van der Waals surface area contributed by atoms with Gasteiger partial charge in [-0.05, 0) is 59.2 Å². The van der Waals surface area contributed by atoms with Crippen LogP contribution in [0, 0.1) is 0 Å². The first kappa shape index (κ1) is 35.6.